The van der Waals surface area contributed by atoms with Gasteiger partial charge in [-0.3, -0.25) is 0 Å². The van der Waals surface area contributed by atoms with Gasteiger partial charge in [0.05, 0.1) is 25.6 Å². The van der Waals surface area contributed by atoms with E-state index in [4.69, 9.17) is 5.11 Å². The molecule has 1 N–H and O–H groups in total. The molecular weight excluding hydrogens is 186 g/mol. The van der Waals surface area contributed by atoms with E-state index in [9.17, 15) is 4.79 Å². The lowest BCUT2D eigenvalue weighted by molar-refractivity contribution is -0.145. The van der Waals surface area contributed by atoms with Crippen molar-refractivity contribution in [3.8, 4) is 0 Å². The van der Waals surface area contributed by atoms with Crippen LogP contribution in [0.2, 0.25) is 0 Å². The zero-order valence-electron chi connectivity index (χ0n) is 8.17. The van der Waals surface area contributed by atoms with Crippen LogP contribution in [0.25, 0.3) is 0 Å². The number of methoxy groups -OCH3 is 1. The Balaban J connectivity index is 2.94. The number of aliphatic hydroxyl groups is 1. The average molecular weight is 199 g/mol. The smallest absolute Gasteiger partial charge is 0.330 e. The summed E-state index contributed by atoms with van der Waals surface area (Å²) >= 11 is 0. The molecule has 6 heteroatoms. The van der Waals surface area contributed by atoms with Gasteiger partial charge in [-0.15, -0.1) is 5.10 Å². The van der Waals surface area contributed by atoms with Crippen LogP contribution in [0.5, 0.6) is 0 Å². The molecule has 1 unspecified atom stereocenters. The van der Waals surface area contributed by atoms with Crippen LogP contribution in [-0.2, 0) is 16.1 Å². The molecule has 0 aliphatic rings. The van der Waals surface area contributed by atoms with Crippen LogP contribution in [0.15, 0.2) is 6.20 Å². The van der Waals surface area contributed by atoms with Crippen LogP contribution >= 0.6 is 0 Å². The lowest BCUT2D eigenvalue weighted by Gasteiger charge is -2.13. The Kier molecular flexibility index (Phi) is 3.58. The number of nitrogens with zero attached hydrogens (tertiary/aromatic N) is 3. The van der Waals surface area contributed by atoms with Crippen molar-refractivity contribution >= 4 is 5.97 Å². The van der Waals surface area contributed by atoms with Crippen molar-refractivity contribution in [3.63, 3.8) is 0 Å². The van der Waals surface area contributed by atoms with Gasteiger partial charge in [0.15, 0.2) is 6.04 Å². The third kappa shape index (κ3) is 1.90. The second-order valence-electron chi connectivity index (χ2n) is 2.78. The lowest BCUT2D eigenvalue weighted by atomic mass is 10.2. The minimum absolute atomic E-state index is 0.194. The van der Waals surface area contributed by atoms with Crippen LogP contribution in [0.1, 0.15) is 25.1 Å². The van der Waals surface area contributed by atoms with Gasteiger partial charge in [-0.2, -0.15) is 0 Å². The van der Waals surface area contributed by atoms with Gasteiger partial charge in [0.1, 0.15) is 0 Å². The van der Waals surface area contributed by atoms with E-state index < -0.39 is 6.04 Å². The monoisotopic (exact) mass is 199 g/mol. The van der Waals surface area contributed by atoms with Crippen molar-refractivity contribution in [3.05, 3.63) is 11.9 Å². The molecule has 1 atom stereocenters. The summed E-state index contributed by atoms with van der Waals surface area (Å²) in [7, 11) is 1.32. The van der Waals surface area contributed by atoms with Crippen LogP contribution in [-0.4, -0.2) is 33.2 Å². The first-order valence-corrected chi connectivity index (χ1v) is 4.32. The molecule has 6 nitrogen and oxygen atoms in total. The number of rotatable bonds is 4. The van der Waals surface area contributed by atoms with Crippen molar-refractivity contribution in [2.24, 2.45) is 0 Å². The van der Waals surface area contributed by atoms with E-state index in [1.165, 1.54) is 18.0 Å². The third-order valence-corrected chi connectivity index (χ3v) is 1.97. The van der Waals surface area contributed by atoms with Crippen molar-refractivity contribution in [2.45, 2.75) is 26.0 Å². The first-order valence-electron chi connectivity index (χ1n) is 4.32. The fourth-order valence-electron chi connectivity index (χ4n) is 1.22. The maximum atomic E-state index is 11.3. The molecule has 0 saturated carbocycles. The normalized spacial score (nSPS) is 12.5. The van der Waals surface area contributed by atoms with Crippen molar-refractivity contribution in [1.82, 2.24) is 15.0 Å². The minimum atomic E-state index is -0.510. The molecule has 1 rings (SSSR count). The highest BCUT2D eigenvalue weighted by atomic mass is 16.5. The fourth-order valence-corrected chi connectivity index (χ4v) is 1.22. The fraction of sp³-hybridized carbons (Fsp3) is 0.625. The summed E-state index contributed by atoms with van der Waals surface area (Å²) < 4.78 is 6.00. The van der Waals surface area contributed by atoms with Crippen molar-refractivity contribution in [1.29, 1.82) is 0 Å². The molecule has 1 heterocycles. The largest absolute Gasteiger partial charge is 0.467 e. The summed E-state index contributed by atoms with van der Waals surface area (Å²) in [5, 5.41) is 16.3. The number of carbonyl (C=O) groups is 1. The summed E-state index contributed by atoms with van der Waals surface area (Å²) in [6.45, 7) is 1.64. The Morgan fingerprint density at radius 2 is 2.50 bits per heavy atom. The Morgan fingerprint density at radius 3 is 3.00 bits per heavy atom. The molecule has 1 aromatic heterocycles. The molecule has 0 spiro atoms. The maximum absolute atomic E-state index is 11.3. The Morgan fingerprint density at radius 1 is 1.79 bits per heavy atom. The molecule has 78 valence electrons. The number of ether oxygens (including phenoxy) is 1. The highest BCUT2D eigenvalue weighted by molar-refractivity contribution is 5.73. The highest BCUT2D eigenvalue weighted by Gasteiger charge is 2.22. The highest BCUT2D eigenvalue weighted by Crippen LogP contribution is 2.13. The summed E-state index contributed by atoms with van der Waals surface area (Å²) in [5.74, 6) is -0.382. The van der Waals surface area contributed by atoms with E-state index in [0.29, 0.717) is 12.1 Å². The van der Waals surface area contributed by atoms with Crippen molar-refractivity contribution in [2.75, 3.05) is 7.11 Å². The van der Waals surface area contributed by atoms with E-state index in [2.05, 4.69) is 15.0 Å². The lowest BCUT2D eigenvalue weighted by Crippen LogP contribution is -2.23. The summed E-state index contributed by atoms with van der Waals surface area (Å²) in [6.07, 6.45) is 1.97. The van der Waals surface area contributed by atoms with E-state index in [1.807, 2.05) is 6.92 Å². The van der Waals surface area contributed by atoms with Gasteiger partial charge in [-0.1, -0.05) is 12.1 Å². The maximum Gasteiger partial charge on any atom is 0.330 e. The number of aliphatic hydroxyl groups excluding tert-OH is 1. The van der Waals surface area contributed by atoms with Gasteiger partial charge in [0.25, 0.3) is 0 Å². The van der Waals surface area contributed by atoms with Gasteiger partial charge in [0, 0.05) is 0 Å². The van der Waals surface area contributed by atoms with E-state index in [1.54, 1.807) is 0 Å². The van der Waals surface area contributed by atoms with Crippen LogP contribution in [0, 0.1) is 0 Å². The predicted molar refractivity (Wildman–Crippen MR) is 47.3 cm³/mol. The Bertz CT molecular complexity index is 311. The predicted octanol–water partition coefficient (Wildman–Crippen LogP) is -0.106. The van der Waals surface area contributed by atoms with Crippen LogP contribution in [0.4, 0.5) is 0 Å². The molecule has 0 amide bonds. The Hall–Kier alpha value is -1.43. The third-order valence-electron chi connectivity index (χ3n) is 1.97. The van der Waals surface area contributed by atoms with Gasteiger partial charge in [-0.05, 0) is 6.42 Å². The number of esters is 1. The number of hydrogen-bond acceptors (Lipinski definition) is 5. The zero-order chi connectivity index (χ0) is 10.6. The van der Waals surface area contributed by atoms with Gasteiger partial charge in [0.2, 0.25) is 0 Å². The molecule has 0 saturated heterocycles. The number of hydrogen-bond donors (Lipinski definition) is 1. The first-order chi connectivity index (χ1) is 6.74. The first kappa shape index (κ1) is 10.6. The number of aromatic nitrogens is 3. The van der Waals surface area contributed by atoms with E-state index in [-0.39, 0.29) is 12.6 Å². The molecule has 0 radical (unpaired) electrons. The second-order valence-corrected chi connectivity index (χ2v) is 2.78. The van der Waals surface area contributed by atoms with Crippen LogP contribution in [0.3, 0.4) is 0 Å². The minimum Gasteiger partial charge on any atom is -0.467 e. The summed E-state index contributed by atoms with van der Waals surface area (Å²) in [5.41, 5.74) is 0.502. The Labute approximate surface area is 81.5 Å². The molecule has 14 heavy (non-hydrogen) atoms. The van der Waals surface area contributed by atoms with Crippen molar-refractivity contribution < 1.29 is 14.6 Å². The molecule has 1 aromatic rings. The van der Waals surface area contributed by atoms with E-state index >= 15 is 0 Å². The number of carbonyl (C=O) groups excluding carboxylic acids is 1. The molecule has 0 fully saturated rings. The van der Waals surface area contributed by atoms with Gasteiger partial charge in [-0.25, -0.2) is 9.48 Å². The SMILES string of the molecule is CCC(C(=O)OC)n1nncc1CO. The summed E-state index contributed by atoms with van der Waals surface area (Å²) in [6, 6.07) is -0.510. The van der Waals surface area contributed by atoms with Gasteiger partial charge < -0.3 is 9.84 Å². The molecular formula is C8H13N3O3. The zero-order valence-corrected chi connectivity index (χ0v) is 8.17. The van der Waals surface area contributed by atoms with Crippen LogP contribution < -0.4 is 0 Å². The quantitative estimate of drug-likeness (QED) is 0.685. The van der Waals surface area contributed by atoms with E-state index in [0.717, 1.165) is 0 Å². The second kappa shape index (κ2) is 4.71. The molecule has 0 aliphatic heterocycles. The average Bonchev–Trinajstić information content (AvgIpc) is 2.66. The standard InChI is InChI=1S/C8H13N3O3/c1-3-7(8(13)14-2)11-6(5-12)4-9-10-11/h4,7,12H,3,5H2,1-2H3. The summed E-state index contributed by atoms with van der Waals surface area (Å²) in [4.78, 5) is 11.3. The molecule has 0 aromatic carbocycles. The van der Waals surface area contributed by atoms with Gasteiger partial charge >= 0.3 is 5.97 Å². The topological polar surface area (TPSA) is 77.2 Å². The molecule has 0 bridgehead atoms. The molecule has 0 aliphatic carbocycles.